The Bertz CT molecular complexity index is 268. The molecule has 0 aromatic rings. The molecule has 0 radical (unpaired) electrons. The Morgan fingerprint density at radius 1 is 1.15 bits per heavy atom. The van der Waals surface area contributed by atoms with Gasteiger partial charge in [-0.05, 0) is 39.3 Å². The molecule has 1 saturated heterocycles. The van der Waals surface area contributed by atoms with Crippen LogP contribution < -0.4 is 5.32 Å². The van der Waals surface area contributed by atoms with Crippen LogP contribution >= 0.6 is 0 Å². The summed E-state index contributed by atoms with van der Waals surface area (Å²) >= 11 is 0. The molecule has 1 spiro atoms. The van der Waals surface area contributed by atoms with E-state index in [0.29, 0.717) is 12.1 Å². The zero-order valence-electron chi connectivity index (χ0n) is 13.7. The summed E-state index contributed by atoms with van der Waals surface area (Å²) in [7, 11) is 4.32. The first kappa shape index (κ1) is 16.2. The number of nitrogens with zero attached hydrogens (tertiary/aromatic N) is 1. The molecule has 118 valence electrons. The van der Waals surface area contributed by atoms with Crippen LogP contribution in [0.5, 0.6) is 0 Å². The molecule has 2 fully saturated rings. The van der Waals surface area contributed by atoms with Gasteiger partial charge in [0, 0.05) is 31.5 Å². The molecule has 2 aliphatic rings. The van der Waals surface area contributed by atoms with Gasteiger partial charge in [-0.3, -0.25) is 0 Å². The van der Waals surface area contributed by atoms with E-state index < -0.39 is 0 Å². The fourth-order valence-electron chi connectivity index (χ4n) is 3.55. The second kappa shape index (κ2) is 7.21. The maximum atomic E-state index is 5.81. The third kappa shape index (κ3) is 4.69. The summed E-state index contributed by atoms with van der Waals surface area (Å²) in [6.45, 7) is 7.27. The summed E-state index contributed by atoms with van der Waals surface area (Å²) in [5.74, 6) is 0.511. The predicted molar refractivity (Wildman–Crippen MR) is 81.8 cm³/mol. The molecule has 0 aromatic carbocycles. The van der Waals surface area contributed by atoms with Gasteiger partial charge in [-0.15, -0.1) is 0 Å². The van der Waals surface area contributed by atoms with Crippen molar-refractivity contribution in [3.63, 3.8) is 0 Å². The normalized spacial score (nSPS) is 24.9. The van der Waals surface area contributed by atoms with Crippen LogP contribution in [0.15, 0.2) is 0 Å². The maximum absolute atomic E-state index is 5.81. The average Bonchev–Trinajstić information content (AvgIpc) is 2.79. The molecule has 1 aliphatic carbocycles. The first-order valence-corrected chi connectivity index (χ1v) is 8.18. The van der Waals surface area contributed by atoms with E-state index in [2.05, 4.69) is 38.2 Å². The van der Waals surface area contributed by atoms with Gasteiger partial charge >= 0.3 is 0 Å². The minimum Gasteiger partial charge on any atom is -0.348 e. The Morgan fingerprint density at radius 2 is 1.75 bits per heavy atom. The third-order valence-electron chi connectivity index (χ3n) is 4.37. The van der Waals surface area contributed by atoms with Crippen LogP contribution in [0.4, 0.5) is 0 Å². The van der Waals surface area contributed by atoms with Gasteiger partial charge in [-0.1, -0.05) is 13.8 Å². The summed E-state index contributed by atoms with van der Waals surface area (Å²) < 4.78 is 11.6. The van der Waals surface area contributed by atoms with E-state index in [-0.39, 0.29) is 5.79 Å². The predicted octanol–water partition coefficient (Wildman–Crippen LogP) is 2.24. The molecule has 4 nitrogen and oxygen atoms in total. The van der Waals surface area contributed by atoms with Gasteiger partial charge in [-0.2, -0.15) is 0 Å². The van der Waals surface area contributed by atoms with Crippen LogP contribution in [0.3, 0.4) is 0 Å². The molecule has 0 aromatic heterocycles. The van der Waals surface area contributed by atoms with Gasteiger partial charge in [0.25, 0.3) is 0 Å². The lowest BCUT2D eigenvalue weighted by Gasteiger charge is -2.38. The molecule has 20 heavy (non-hydrogen) atoms. The average molecular weight is 284 g/mol. The maximum Gasteiger partial charge on any atom is 0.168 e. The summed E-state index contributed by atoms with van der Waals surface area (Å²) in [6, 6.07) is 1.21. The van der Waals surface area contributed by atoms with E-state index in [1.54, 1.807) is 0 Å². The van der Waals surface area contributed by atoms with Crippen molar-refractivity contribution in [3.8, 4) is 0 Å². The fraction of sp³-hybridized carbons (Fsp3) is 1.00. The van der Waals surface area contributed by atoms with E-state index >= 15 is 0 Å². The van der Waals surface area contributed by atoms with Crippen LogP contribution in [-0.4, -0.2) is 56.6 Å². The highest BCUT2D eigenvalue weighted by Gasteiger charge is 2.40. The van der Waals surface area contributed by atoms with Gasteiger partial charge in [0.1, 0.15) is 0 Å². The lowest BCUT2D eigenvalue weighted by molar-refractivity contribution is -0.179. The summed E-state index contributed by atoms with van der Waals surface area (Å²) in [4.78, 5) is 2.29. The van der Waals surface area contributed by atoms with Gasteiger partial charge in [0.15, 0.2) is 5.79 Å². The molecular formula is C16H32N2O2. The topological polar surface area (TPSA) is 33.7 Å². The smallest absolute Gasteiger partial charge is 0.168 e. The number of ether oxygens (including phenoxy) is 2. The molecule has 1 aliphatic heterocycles. The number of likely N-dealkylation sites (N-methyl/N-ethyl adjacent to an activating group) is 1. The SMILES string of the molecule is CC(C)CC(CN(C)C)NC1CCC2(CC1)OCCO2. The van der Waals surface area contributed by atoms with Gasteiger partial charge in [-0.25, -0.2) is 0 Å². The number of hydrogen-bond acceptors (Lipinski definition) is 4. The summed E-state index contributed by atoms with van der Waals surface area (Å²) in [5, 5.41) is 3.87. The van der Waals surface area contributed by atoms with Crippen molar-refractivity contribution in [1.82, 2.24) is 10.2 Å². The molecule has 4 heteroatoms. The quantitative estimate of drug-likeness (QED) is 0.811. The zero-order valence-corrected chi connectivity index (χ0v) is 13.7. The Balaban J connectivity index is 1.79. The zero-order chi connectivity index (χ0) is 14.6. The Labute approximate surface area is 124 Å². The monoisotopic (exact) mass is 284 g/mol. The fourth-order valence-corrected chi connectivity index (χ4v) is 3.55. The largest absolute Gasteiger partial charge is 0.348 e. The molecule has 2 rings (SSSR count). The lowest BCUT2D eigenvalue weighted by Crippen LogP contribution is -2.48. The second-order valence-corrected chi connectivity index (χ2v) is 7.14. The molecule has 0 bridgehead atoms. The van der Waals surface area contributed by atoms with Gasteiger partial charge in [0.05, 0.1) is 13.2 Å². The van der Waals surface area contributed by atoms with Crippen LogP contribution in [0.2, 0.25) is 0 Å². The molecule has 1 heterocycles. The molecule has 0 amide bonds. The van der Waals surface area contributed by atoms with Gasteiger partial charge < -0.3 is 19.7 Å². The molecule has 1 saturated carbocycles. The van der Waals surface area contributed by atoms with E-state index in [1.165, 1.54) is 19.3 Å². The minimum absolute atomic E-state index is 0.229. The highest BCUT2D eigenvalue weighted by atomic mass is 16.7. The number of nitrogens with one attached hydrogen (secondary N) is 1. The van der Waals surface area contributed by atoms with Crippen molar-refractivity contribution in [3.05, 3.63) is 0 Å². The third-order valence-corrected chi connectivity index (χ3v) is 4.37. The summed E-state index contributed by atoms with van der Waals surface area (Å²) in [6.07, 6.45) is 5.67. The molecule has 1 N–H and O–H groups in total. The van der Waals surface area contributed by atoms with E-state index in [0.717, 1.165) is 38.5 Å². The molecule has 1 atom stereocenters. The van der Waals surface area contributed by atoms with E-state index in [9.17, 15) is 0 Å². The van der Waals surface area contributed by atoms with Crippen molar-refractivity contribution in [2.75, 3.05) is 33.9 Å². The van der Waals surface area contributed by atoms with E-state index in [4.69, 9.17) is 9.47 Å². The minimum atomic E-state index is -0.229. The Kier molecular flexibility index (Phi) is 5.84. The number of rotatable bonds is 6. The highest BCUT2D eigenvalue weighted by molar-refractivity contribution is 4.87. The van der Waals surface area contributed by atoms with Crippen LogP contribution in [0, 0.1) is 5.92 Å². The van der Waals surface area contributed by atoms with Crippen molar-refractivity contribution in [1.29, 1.82) is 0 Å². The first-order chi connectivity index (χ1) is 9.49. The Morgan fingerprint density at radius 3 is 2.25 bits per heavy atom. The van der Waals surface area contributed by atoms with Crippen LogP contribution in [0.25, 0.3) is 0 Å². The van der Waals surface area contributed by atoms with Crippen molar-refractivity contribution >= 4 is 0 Å². The van der Waals surface area contributed by atoms with E-state index in [1.807, 2.05) is 0 Å². The highest BCUT2D eigenvalue weighted by Crippen LogP contribution is 2.35. The summed E-state index contributed by atoms with van der Waals surface area (Å²) in [5.41, 5.74) is 0. The Hall–Kier alpha value is -0.160. The molecular weight excluding hydrogens is 252 g/mol. The molecule has 1 unspecified atom stereocenters. The number of hydrogen-bond donors (Lipinski definition) is 1. The van der Waals surface area contributed by atoms with Gasteiger partial charge in [0.2, 0.25) is 0 Å². The van der Waals surface area contributed by atoms with Crippen molar-refractivity contribution < 1.29 is 9.47 Å². The second-order valence-electron chi connectivity index (χ2n) is 7.14. The first-order valence-electron chi connectivity index (χ1n) is 8.18. The van der Waals surface area contributed by atoms with Crippen LogP contribution in [-0.2, 0) is 9.47 Å². The van der Waals surface area contributed by atoms with Crippen LogP contribution in [0.1, 0.15) is 46.0 Å². The van der Waals surface area contributed by atoms with Crippen molar-refractivity contribution in [2.45, 2.75) is 63.8 Å². The standard InChI is InChI=1S/C16H32N2O2/c1-13(2)11-15(12-18(3)4)17-14-5-7-16(8-6-14)19-9-10-20-16/h13-15,17H,5-12H2,1-4H3. The van der Waals surface area contributed by atoms with Crippen molar-refractivity contribution in [2.24, 2.45) is 5.92 Å². The lowest BCUT2D eigenvalue weighted by atomic mass is 9.89.